The minimum atomic E-state index is -4.50. The Morgan fingerprint density at radius 2 is 1.84 bits per heavy atom. The van der Waals surface area contributed by atoms with Gasteiger partial charge in [-0.1, -0.05) is 63.9 Å². The number of benzodiazepines with no additional fused rings is 1. The largest absolute Gasteiger partial charge is 0.508 e. The van der Waals surface area contributed by atoms with Gasteiger partial charge < -0.3 is 21.1 Å². The molecule has 1 aliphatic heterocycles. The van der Waals surface area contributed by atoms with Crippen LogP contribution in [0.3, 0.4) is 0 Å². The number of anilines is 2. The molecular weight excluding hydrogens is 481 g/mol. The molecule has 0 bridgehead atoms. The molecule has 1 atom stereocenters. The molecule has 37 heavy (non-hydrogen) atoms. The van der Waals surface area contributed by atoms with Crippen LogP contribution in [0.15, 0.2) is 96.7 Å². The zero-order valence-corrected chi connectivity index (χ0v) is 20.8. The van der Waals surface area contributed by atoms with Crippen molar-refractivity contribution in [1.82, 2.24) is 5.32 Å². The number of carbonyl (C=O) groups is 1. The second-order valence-electron chi connectivity index (χ2n) is 7.76. The van der Waals surface area contributed by atoms with Crippen molar-refractivity contribution in [1.29, 1.82) is 0 Å². The topological polar surface area (TPSA) is 85.8 Å². The number of fused-ring (bicyclic) bond motifs is 1. The number of benzene rings is 2. The Kier molecular flexibility index (Phi) is 10.3. The molecule has 0 saturated carbocycles. The number of urea groups is 1. The van der Waals surface area contributed by atoms with E-state index in [-0.39, 0.29) is 11.8 Å². The summed E-state index contributed by atoms with van der Waals surface area (Å²) in [4.78, 5) is 16.7. The maximum absolute atomic E-state index is 12.3. The number of aromatic hydroxyl groups is 1. The molecule has 0 fully saturated rings. The van der Waals surface area contributed by atoms with Crippen molar-refractivity contribution in [3.8, 4) is 5.75 Å². The van der Waals surface area contributed by atoms with E-state index in [4.69, 9.17) is 4.99 Å². The number of hydrogen-bond donors (Lipinski definition) is 4. The van der Waals surface area contributed by atoms with Crippen LogP contribution in [0.25, 0.3) is 0 Å². The molecule has 1 aliphatic rings. The van der Waals surface area contributed by atoms with Gasteiger partial charge in [-0.15, -0.1) is 0 Å². The van der Waals surface area contributed by atoms with Gasteiger partial charge in [0.25, 0.3) is 0 Å². The summed E-state index contributed by atoms with van der Waals surface area (Å²) in [7, 11) is 0. The van der Waals surface area contributed by atoms with Gasteiger partial charge in [-0.2, -0.15) is 13.2 Å². The average molecular weight is 513 g/mol. The van der Waals surface area contributed by atoms with Gasteiger partial charge in [0, 0.05) is 34.6 Å². The third kappa shape index (κ3) is 8.42. The van der Waals surface area contributed by atoms with Crippen molar-refractivity contribution >= 4 is 23.1 Å². The molecule has 2 aromatic rings. The summed E-state index contributed by atoms with van der Waals surface area (Å²) < 4.78 is 36.9. The second-order valence-corrected chi connectivity index (χ2v) is 7.76. The quantitative estimate of drug-likeness (QED) is 0.240. The molecule has 2 aromatic carbocycles. The zero-order valence-electron chi connectivity index (χ0n) is 20.8. The lowest BCUT2D eigenvalue weighted by molar-refractivity contribution is -0.122. The van der Waals surface area contributed by atoms with E-state index in [2.05, 4.69) is 30.4 Å². The van der Waals surface area contributed by atoms with Crippen LogP contribution in [0.5, 0.6) is 5.75 Å². The minimum absolute atomic E-state index is 0.0558. The van der Waals surface area contributed by atoms with Crippen molar-refractivity contribution in [3.63, 3.8) is 0 Å². The fourth-order valence-electron chi connectivity index (χ4n) is 3.46. The highest BCUT2D eigenvalue weighted by atomic mass is 19.4. The molecule has 196 valence electrons. The number of nitrogens with one attached hydrogen (secondary N) is 3. The molecule has 6 nitrogen and oxygen atoms in total. The molecule has 4 N–H and O–H groups in total. The van der Waals surface area contributed by atoms with Crippen LogP contribution in [0.4, 0.5) is 29.3 Å². The Hall–Kier alpha value is -4.27. The standard InChI is InChI=1S/C26H25F3N4O2.C2H6/c1-4-6-17(5-2)13-23-16(3)31-22-12-11-20(34)14-21(22)24(33-23)18-7-9-19(10-8-18)32-25(35)30-15-26(27,28)29;1-2/h4-12,14,23,31,34H,1-3,13,15H2,(H2,30,32,35);1-2H3/b17-6+;. The summed E-state index contributed by atoms with van der Waals surface area (Å²) in [6, 6.07) is 10.0. The summed E-state index contributed by atoms with van der Waals surface area (Å²) >= 11 is 0. The van der Waals surface area contributed by atoms with Crippen LogP contribution in [0, 0.1) is 0 Å². The summed E-state index contributed by atoms with van der Waals surface area (Å²) in [5.41, 5.74) is 4.47. The van der Waals surface area contributed by atoms with Crippen molar-refractivity contribution in [2.45, 2.75) is 32.5 Å². The minimum Gasteiger partial charge on any atom is -0.508 e. The van der Waals surface area contributed by atoms with Gasteiger partial charge in [-0.25, -0.2) is 4.79 Å². The van der Waals surface area contributed by atoms with Crippen LogP contribution in [0.2, 0.25) is 0 Å². The number of phenols is 1. The van der Waals surface area contributed by atoms with Crippen LogP contribution in [0.1, 0.15) is 31.4 Å². The van der Waals surface area contributed by atoms with E-state index in [1.54, 1.807) is 59.9 Å². The molecular formula is C28H31F3N4O2. The number of alkyl halides is 3. The van der Waals surface area contributed by atoms with E-state index in [9.17, 15) is 23.1 Å². The van der Waals surface area contributed by atoms with Gasteiger partial charge >= 0.3 is 12.2 Å². The SMILES string of the molecule is C=C/C=C(\C=C)CC1N=C(c2ccc(NC(=O)NCC(F)(F)F)cc2)c2cc(O)ccc2NC1=C.CC. The predicted octanol–water partition coefficient (Wildman–Crippen LogP) is 6.94. The molecule has 3 rings (SSSR count). The number of allylic oxidation sites excluding steroid dienone is 3. The lowest BCUT2D eigenvalue weighted by atomic mass is 9.99. The van der Waals surface area contributed by atoms with Gasteiger partial charge in [0.05, 0.1) is 11.8 Å². The van der Waals surface area contributed by atoms with Crippen molar-refractivity contribution < 1.29 is 23.1 Å². The van der Waals surface area contributed by atoms with Crippen LogP contribution >= 0.6 is 0 Å². The first-order chi connectivity index (χ1) is 17.6. The Balaban J connectivity index is 0.00000235. The second kappa shape index (κ2) is 13.2. The molecule has 1 unspecified atom stereocenters. The van der Waals surface area contributed by atoms with Crippen LogP contribution in [-0.4, -0.2) is 35.6 Å². The number of rotatable bonds is 7. The molecule has 1 heterocycles. The number of amides is 2. The van der Waals surface area contributed by atoms with E-state index >= 15 is 0 Å². The third-order valence-corrected chi connectivity index (χ3v) is 5.13. The smallest absolute Gasteiger partial charge is 0.405 e. The number of aliphatic imine (C=N–C) groups is 1. The highest BCUT2D eigenvalue weighted by Gasteiger charge is 2.28. The molecule has 0 spiro atoms. The van der Waals surface area contributed by atoms with Gasteiger partial charge in [0.15, 0.2) is 0 Å². The van der Waals surface area contributed by atoms with Gasteiger partial charge in [0.1, 0.15) is 12.3 Å². The summed E-state index contributed by atoms with van der Waals surface area (Å²) in [5, 5.41) is 17.5. The summed E-state index contributed by atoms with van der Waals surface area (Å²) in [5.74, 6) is 0.0558. The van der Waals surface area contributed by atoms with Gasteiger partial charge in [-0.05, 0) is 35.9 Å². The summed E-state index contributed by atoms with van der Waals surface area (Å²) in [6.07, 6.45) is 1.22. The first kappa shape index (κ1) is 29.0. The monoisotopic (exact) mass is 512 g/mol. The Labute approximate surface area is 215 Å². The number of carbonyl (C=O) groups excluding carboxylic acids is 1. The lowest BCUT2D eigenvalue weighted by Crippen LogP contribution is -2.36. The molecule has 0 saturated heterocycles. The zero-order chi connectivity index (χ0) is 27.6. The maximum Gasteiger partial charge on any atom is 0.405 e. The summed E-state index contributed by atoms with van der Waals surface area (Å²) in [6.45, 7) is 14.3. The number of hydrogen-bond acceptors (Lipinski definition) is 4. The highest BCUT2D eigenvalue weighted by molar-refractivity contribution is 6.17. The van der Waals surface area contributed by atoms with E-state index < -0.39 is 18.8 Å². The van der Waals surface area contributed by atoms with E-state index in [1.165, 1.54) is 0 Å². The van der Waals surface area contributed by atoms with Gasteiger partial charge in [0.2, 0.25) is 0 Å². The Bertz CT molecular complexity index is 1200. The lowest BCUT2D eigenvalue weighted by Gasteiger charge is -2.16. The van der Waals surface area contributed by atoms with E-state index in [0.29, 0.717) is 40.3 Å². The first-order valence-electron chi connectivity index (χ1n) is 11.6. The fourth-order valence-corrected chi connectivity index (χ4v) is 3.46. The maximum atomic E-state index is 12.3. The van der Waals surface area contributed by atoms with Crippen molar-refractivity contribution in [3.05, 3.63) is 103 Å². The molecule has 0 radical (unpaired) electrons. The molecule has 0 aromatic heterocycles. The first-order valence-corrected chi connectivity index (χ1v) is 11.6. The fraction of sp³-hybridized carbons (Fsp3) is 0.214. The van der Waals surface area contributed by atoms with Crippen LogP contribution in [-0.2, 0) is 0 Å². The number of halogens is 3. The average Bonchev–Trinajstić information content (AvgIpc) is 3.00. The van der Waals surface area contributed by atoms with E-state index in [0.717, 1.165) is 5.57 Å². The van der Waals surface area contributed by atoms with Crippen LogP contribution < -0.4 is 16.0 Å². The predicted molar refractivity (Wildman–Crippen MR) is 144 cm³/mol. The highest BCUT2D eigenvalue weighted by Crippen LogP contribution is 2.32. The van der Waals surface area contributed by atoms with Crippen molar-refractivity contribution in [2.24, 2.45) is 4.99 Å². The van der Waals surface area contributed by atoms with E-state index in [1.807, 2.05) is 19.9 Å². The Morgan fingerprint density at radius 1 is 1.16 bits per heavy atom. The molecule has 9 heteroatoms. The Morgan fingerprint density at radius 3 is 2.43 bits per heavy atom. The number of phenolic OH excluding ortho intramolecular Hbond substituents is 1. The molecule has 2 amide bonds. The normalized spacial score (nSPS) is 15.1. The van der Waals surface area contributed by atoms with Gasteiger partial charge in [-0.3, -0.25) is 4.99 Å². The van der Waals surface area contributed by atoms with Crippen molar-refractivity contribution in [2.75, 3.05) is 17.2 Å². The third-order valence-electron chi connectivity index (χ3n) is 5.13. The molecule has 0 aliphatic carbocycles. The number of nitrogens with zero attached hydrogens (tertiary/aromatic N) is 1.